The van der Waals surface area contributed by atoms with E-state index in [0.717, 1.165) is 0 Å². The minimum absolute atomic E-state index is 0.0771. The van der Waals surface area contributed by atoms with Crippen molar-refractivity contribution in [3.63, 3.8) is 0 Å². The van der Waals surface area contributed by atoms with E-state index in [9.17, 15) is 9.59 Å². The van der Waals surface area contributed by atoms with E-state index in [2.05, 4.69) is 10.3 Å². The van der Waals surface area contributed by atoms with Gasteiger partial charge in [-0.2, -0.15) is 0 Å². The first-order valence-corrected chi connectivity index (χ1v) is 7.95. The molecule has 0 radical (unpaired) electrons. The van der Waals surface area contributed by atoms with Crippen LogP contribution in [0.25, 0.3) is 0 Å². The van der Waals surface area contributed by atoms with Crippen molar-refractivity contribution in [2.24, 2.45) is 0 Å². The highest BCUT2D eigenvalue weighted by Gasteiger charge is 2.20. The third kappa shape index (κ3) is 3.95. The van der Waals surface area contributed by atoms with E-state index in [-0.39, 0.29) is 11.8 Å². The molecule has 0 saturated carbocycles. The van der Waals surface area contributed by atoms with E-state index < -0.39 is 0 Å². The molecule has 1 fully saturated rings. The molecule has 0 aliphatic carbocycles. The standard InChI is InChI=1S/C18H19N3O4/c1-24-16-11-13(18(23)21-7-9-25-10-8-21)4-5-15(16)20-17(22)14-3-2-6-19-12-14/h2-6,11-12H,7-10H2,1H3,(H,20,22). The number of ether oxygens (including phenoxy) is 2. The monoisotopic (exact) mass is 341 g/mol. The van der Waals surface area contributed by atoms with Crippen molar-refractivity contribution in [2.45, 2.75) is 0 Å². The van der Waals surface area contributed by atoms with Crippen LogP contribution < -0.4 is 10.1 Å². The Hall–Kier alpha value is -2.93. The fraction of sp³-hybridized carbons (Fsp3) is 0.278. The normalized spacial score (nSPS) is 14.0. The summed E-state index contributed by atoms with van der Waals surface area (Å²) >= 11 is 0. The first kappa shape index (κ1) is 16.9. The van der Waals surface area contributed by atoms with Crippen molar-refractivity contribution in [2.75, 3.05) is 38.7 Å². The first-order valence-electron chi connectivity index (χ1n) is 7.95. The van der Waals surface area contributed by atoms with Gasteiger partial charge in [-0.15, -0.1) is 0 Å². The number of benzene rings is 1. The lowest BCUT2D eigenvalue weighted by atomic mass is 10.1. The predicted molar refractivity (Wildman–Crippen MR) is 91.9 cm³/mol. The van der Waals surface area contributed by atoms with Crippen LogP contribution in [0.15, 0.2) is 42.7 Å². The molecular formula is C18H19N3O4. The summed E-state index contributed by atoms with van der Waals surface area (Å²) in [5.74, 6) is 0.0572. The topological polar surface area (TPSA) is 80.8 Å². The fourth-order valence-corrected chi connectivity index (χ4v) is 2.57. The number of anilines is 1. The number of morpholine rings is 1. The van der Waals surface area contributed by atoms with E-state index in [4.69, 9.17) is 9.47 Å². The zero-order valence-corrected chi connectivity index (χ0v) is 13.9. The minimum atomic E-state index is -0.293. The van der Waals surface area contributed by atoms with Gasteiger partial charge < -0.3 is 19.7 Å². The zero-order valence-electron chi connectivity index (χ0n) is 13.9. The van der Waals surface area contributed by atoms with Gasteiger partial charge in [-0.25, -0.2) is 0 Å². The van der Waals surface area contributed by atoms with Gasteiger partial charge in [0.2, 0.25) is 0 Å². The number of hydrogen-bond acceptors (Lipinski definition) is 5. The highest BCUT2D eigenvalue weighted by atomic mass is 16.5. The molecule has 7 heteroatoms. The maximum absolute atomic E-state index is 12.5. The van der Waals surface area contributed by atoms with Crippen LogP contribution in [0.2, 0.25) is 0 Å². The predicted octanol–water partition coefficient (Wildman–Crippen LogP) is 1.81. The average molecular weight is 341 g/mol. The molecular weight excluding hydrogens is 322 g/mol. The SMILES string of the molecule is COc1cc(C(=O)N2CCOCC2)ccc1NC(=O)c1cccnc1. The third-order valence-corrected chi connectivity index (χ3v) is 3.92. The molecule has 0 atom stereocenters. The van der Waals surface area contributed by atoms with Crippen molar-refractivity contribution in [1.82, 2.24) is 9.88 Å². The number of pyridine rings is 1. The van der Waals surface area contributed by atoms with Crippen LogP contribution in [0.5, 0.6) is 5.75 Å². The number of methoxy groups -OCH3 is 1. The van der Waals surface area contributed by atoms with Crippen LogP contribution in [-0.4, -0.2) is 55.1 Å². The fourth-order valence-electron chi connectivity index (χ4n) is 2.57. The second-order valence-corrected chi connectivity index (χ2v) is 5.52. The molecule has 2 aromatic rings. The molecule has 1 aromatic heterocycles. The van der Waals surface area contributed by atoms with Crippen LogP contribution in [0.4, 0.5) is 5.69 Å². The number of nitrogens with one attached hydrogen (secondary N) is 1. The second-order valence-electron chi connectivity index (χ2n) is 5.52. The Kier molecular flexibility index (Phi) is 5.25. The zero-order chi connectivity index (χ0) is 17.6. The van der Waals surface area contributed by atoms with E-state index in [1.165, 1.54) is 13.3 Å². The van der Waals surface area contributed by atoms with E-state index in [1.54, 1.807) is 41.4 Å². The van der Waals surface area contributed by atoms with Gasteiger partial charge in [0.25, 0.3) is 11.8 Å². The Labute approximate surface area is 145 Å². The molecule has 1 aliphatic heterocycles. The van der Waals surface area contributed by atoms with Crippen molar-refractivity contribution < 1.29 is 19.1 Å². The number of carbonyl (C=O) groups is 2. The van der Waals surface area contributed by atoms with Crippen molar-refractivity contribution in [3.8, 4) is 5.75 Å². The Morgan fingerprint density at radius 2 is 2.00 bits per heavy atom. The molecule has 2 heterocycles. The smallest absolute Gasteiger partial charge is 0.257 e. The number of amides is 2. The Balaban J connectivity index is 1.77. The summed E-state index contributed by atoms with van der Waals surface area (Å²) in [6, 6.07) is 8.35. The number of hydrogen-bond donors (Lipinski definition) is 1. The number of aromatic nitrogens is 1. The quantitative estimate of drug-likeness (QED) is 0.917. The molecule has 0 bridgehead atoms. The number of carbonyl (C=O) groups excluding carboxylic acids is 2. The van der Waals surface area contributed by atoms with Gasteiger partial charge in [0.15, 0.2) is 0 Å². The molecule has 1 aromatic carbocycles. The Morgan fingerprint density at radius 3 is 2.68 bits per heavy atom. The largest absolute Gasteiger partial charge is 0.495 e. The maximum atomic E-state index is 12.5. The van der Waals surface area contributed by atoms with Crippen LogP contribution >= 0.6 is 0 Å². The summed E-state index contributed by atoms with van der Waals surface area (Å²) in [6.07, 6.45) is 3.08. The molecule has 0 spiro atoms. The minimum Gasteiger partial charge on any atom is -0.495 e. The van der Waals surface area contributed by atoms with Crippen LogP contribution in [0.1, 0.15) is 20.7 Å². The van der Waals surface area contributed by atoms with Crippen molar-refractivity contribution >= 4 is 17.5 Å². The Bertz CT molecular complexity index is 758. The maximum Gasteiger partial charge on any atom is 0.257 e. The highest BCUT2D eigenvalue weighted by molar-refractivity contribution is 6.05. The van der Waals surface area contributed by atoms with E-state index >= 15 is 0 Å². The van der Waals surface area contributed by atoms with Gasteiger partial charge in [-0.05, 0) is 30.3 Å². The van der Waals surface area contributed by atoms with Crippen molar-refractivity contribution in [1.29, 1.82) is 0 Å². The molecule has 130 valence electrons. The first-order chi connectivity index (χ1) is 12.2. The molecule has 1 saturated heterocycles. The van der Waals surface area contributed by atoms with Crippen LogP contribution in [0.3, 0.4) is 0 Å². The van der Waals surface area contributed by atoms with Gasteiger partial charge in [-0.3, -0.25) is 14.6 Å². The van der Waals surface area contributed by atoms with Crippen LogP contribution in [0, 0.1) is 0 Å². The number of nitrogens with zero attached hydrogens (tertiary/aromatic N) is 2. The Morgan fingerprint density at radius 1 is 1.20 bits per heavy atom. The summed E-state index contributed by atoms with van der Waals surface area (Å²) < 4.78 is 10.6. The second kappa shape index (κ2) is 7.76. The number of rotatable bonds is 4. The molecule has 1 N–H and O–H groups in total. The lowest BCUT2D eigenvalue weighted by Crippen LogP contribution is -2.40. The van der Waals surface area contributed by atoms with Crippen molar-refractivity contribution in [3.05, 3.63) is 53.9 Å². The van der Waals surface area contributed by atoms with Gasteiger partial charge in [0.05, 0.1) is 31.6 Å². The molecule has 1 aliphatic rings. The summed E-state index contributed by atoms with van der Waals surface area (Å²) in [6.45, 7) is 2.23. The van der Waals surface area contributed by atoms with Gasteiger partial charge in [-0.1, -0.05) is 0 Å². The lowest BCUT2D eigenvalue weighted by molar-refractivity contribution is 0.0302. The molecule has 2 amide bonds. The third-order valence-electron chi connectivity index (χ3n) is 3.92. The molecule has 25 heavy (non-hydrogen) atoms. The van der Waals surface area contributed by atoms with Gasteiger partial charge in [0, 0.05) is 31.0 Å². The lowest BCUT2D eigenvalue weighted by Gasteiger charge is -2.27. The average Bonchev–Trinajstić information content (AvgIpc) is 2.69. The summed E-state index contributed by atoms with van der Waals surface area (Å²) in [5, 5.41) is 2.77. The summed E-state index contributed by atoms with van der Waals surface area (Å²) in [5.41, 5.74) is 1.45. The summed E-state index contributed by atoms with van der Waals surface area (Å²) in [4.78, 5) is 30.5. The summed E-state index contributed by atoms with van der Waals surface area (Å²) in [7, 11) is 1.50. The molecule has 3 rings (SSSR count). The highest BCUT2D eigenvalue weighted by Crippen LogP contribution is 2.27. The van der Waals surface area contributed by atoms with E-state index in [0.29, 0.717) is 48.9 Å². The molecule has 7 nitrogen and oxygen atoms in total. The molecule has 0 unspecified atom stereocenters. The van der Waals surface area contributed by atoms with Gasteiger partial charge in [0.1, 0.15) is 5.75 Å². The van der Waals surface area contributed by atoms with Crippen LogP contribution in [-0.2, 0) is 4.74 Å². The van der Waals surface area contributed by atoms with Gasteiger partial charge >= 0.3 is 0 Å². The van der Waals surface area contributed by atoms with E-state index in [1.807, 2.05) is 0 Å².